The van der Waals surface area contributed by atoms with Crippen LogP contribution >= 0.6 is 0 Å². The van der Waals surface area contributed by atoms with Crippen molar-refractivity contribution in [3.63, 3.8) is 0 Å². The molecule has 42 heavy (non-hydrogen) atoms. The summed E-state index contributed by atoms with van der Waals surface area (Å²) in [5.74, 6) is -3.09. The van der Waals surface area contributed by atoms with E-state index >= 15 is 0 Å². The minimum absolute atomic E-state index is 0.577. The van der Waals surface area contributed by atoms with E-state index in [-0.39, 0.29) is 0 Å². The Morgan fingerprint density at radius 3 is 1.07 bits per heavy atom. The first-order valence-electron chi connectivity index (χ1n) is 14.1. The van der Waals surface area contributed by atoms with Gasteiger partial charge in [0.25, 0.3) is 0 Å². The molecule has 0 aliphatic heterocycles. The summed E-state index contributed by atoms with van der Waals surface area (Å²) >= 11 is 1.15. The number of hydrogen-bond donors (Lipinski definition) is 2. The number of aliphatic carboxylic acids is 2. The number of halogens is 6. The van der Waals surface area contributed by atoms with E-state index in [0.29, 0.717) is 52.2 Å². The zero-order chi connectivity index (χ0) is 32.9. The van der Waals surface area contributed by atoms with Gasteiger partial charge in [-0.25, -0.2) is 9.59 Å². The number of carboxylic acid groups (broad SMARTS) is 2. The molecular weight excluding hydrogens is 947 g/mol. The molecule has 0 unspecified atom stereocenters. The first-order valence-corrected chi connectivity index (χ1v) is 19.6. The number of hydrogen-bond acceptors (Lipinski definition) is 4. The number of carboxylic acids is 2. The first-order chi connectivity index (χ1) is 19.4. The molecule has 0 saturated heterocycles. The summed E-state index contributed by atoms with van der Waals surface area (Å²) in [6.07, 6.45) is 5.65. The van der Waals surface area contributed by atoms with E-state index in [1.165, 1.54) is 106 Å². The van der Waals surface area contributed by atoms with Crippen molar-refractivity contribution in [3.05, 3.63) is 11.1 Å². The molecule has 0 aromatic heterocycles. The third kappa shape index (κ3) is 20.2. The quantitative estimate of drug-likeness (QED) is 0.102. The second-order valence-corrected chi connectivity index (χ2v) is 15.2. The predicted octanol–water partition coefficient (Wildman–Crippen LogP) is 7.39. The minimum atomic E-state index is -5.08. The van der Waals surface area contributed by atoms with Crippen LogP contribution < -0.4 is 15.6 Å². The molecule has 0 atom stereocenters. The van der Waals surface area contributed by atoms with Crippen LogP contribution in [0.25, 0.3) is 0 Å². The van der Waals surface area contributed by atoms with E-state index in [2.05, 4.69) is 27.7 Å². The van der Waals surface area contributed by atoms with Crippen molar-refractivity contribution >= 4 is 18.1 Å². The van der Waals surface area contributed by atoms with Crippen LogP contribution in [0.4, 0.5) is 26.3 Å². The van der Waals surface area contributed by atoms with Gasteiger partial charge >= 0.3 is 233 Å². The number of benzene rings is 1. The van der Waals surface area contributed by atoms with Crippen LogP contribution in [0.15, 0.2) is 0 Å². The van der Waals surface area contributed by atoms with Gasteiger partial charge in [-0.3, -0.25) is 0 Å². The fraction of sp³-hybridized carbons (Fsp3) is 0.714. The van der Waals surface area contributed by atoms with Crippen LogP contribution in [-0.4, -0.2) is 47.7 Å². The second kappa shape index (κ2) is 23.6. The van der Waals surface area contributed by atoms with Crippen LogP contribution in [0.1, 0.15) is 102 Å². The molecule has 1 aromatic rings. The third-order valence-corrected chi connectivity index (χ3v) is 19.5. The number of alkyl halides is 6. The van der Waals surface area contributed by atoms with E-state index in [9.17, 15) is 26.3 Å². The molecule has 2 N–H and O–H groups in total. The Bertz CT molecular complexity index is 822. The molecule has 0 fully saturated rings. The third-order valence-electron chi connectivity index (χ3n) is 6.13. The van der Waals surface area contributed by atoms with Crippen LogP contribution in [0.2, 0.25) is 0 Å². The zero-order valence-electron chi connectivity index (χ0n) is 25.1. The number of rotatable bonds is 16. The maximum atomic E-state index is 10.6. The summed E-state index contributed by atoms with van der Waals surface area (Å²) < 4.78 is 79.1. The summed E-state index contributed by atoms with van der Waals surface area (Å²) in [4.78, 5) is 17.8. The van der Waals surface area contributed by atoms with Crippen molar-refractivity contribution in [2.45, 2.75) is 117 Å². The summed E-state index contributed by atoms with van der Waals surface area (Å²) in [5, 5.41) is 14.2. The van der Waals surface area contributed by atoms with Crippen LogP contribution in [-0.2, 0) is 61.8 Å². The van der Waals surface area contributed by atoms with Crippen molar-refractivity contribution < 1.29 is 108 Å². The summed E-state index contributed by atoms with van der Waals surface area (Å²) in [7, 11) is 0. The van der Waals surface area contributed by atoms with E-state index in [4.69, 9.17) is 29.3 Å². The zero-order valence-corrected chi connectivity index (χ0v) is 36.1. The molecular formula is C28H42F6Hg2O6. The number of carbonyl (C=O) groups is 2. The van der Waals surface area contributed by atoms with Crippen LogP contribution in [0.3, 0.4) is 0 Å². The van der Waals surface area contributed by atoms with E-state index in [1.807, 2.05) is 0 Å². The number of ether oxygens (including phenoxy) is 2. The summed E-state index contributed by atoms with van der Waals surface area (Å²) in [6, 6.07) is 0. The second-order valence-electron chi connectivity index (χ2n) is 9.70. The topological polar surface area (TPSA) is 93.1 Å². The fourth-order valence-electron chi connectivity index (χ4n) is 3.57. The summed E-state index contributed by atoms with van der Waals surface area (Å²) in [6.45, 7) is 10.8. The predicted molar refractivity (Wildman–Crippen MR) is 140 cm³/mol. The monoisotopic (exact) mass is 992 g/mol. The van der Waals surface area contributed by atoms with Gasteiger partial charge in [0.2, 0.25) is 0 Å². The van der Waals surface area contributed by atoms with Crippen molar-refractivity contribution in [3.8, 4) is 11.5 Å². The van der Waals surface area contributed by atoms with Gasteiger partial charge in [0.05, 0.1) is 0 Å². The Balaban J connectivity index is 0. The summed E-state index contributed by atoms with van der Waals surface area (Å²) in [5.41, 5.74) is 2.64. The minimum Gasteiger partial charge on any atom is -0.475 e. The Morgan fingerprint density at radius 1 is 0.595 bits per heavy atom. The Morgan fingerprint density at radius 2 is 0.833 bits per heavy atom. The standard InChI is InChI=1S/C24H40O2.2C2HF3O2.2Hg/c1-5-7-9-11-13-15-19-25-23-17-18-24(22(4)21(23)3)26-20-16-14-12-10-8-6-2;2*3-2(4,5)1(6)7;;/h5-16,19-20H2,1-4H3;2*(H,6,7);;. The molecule has 0 aliphatic carbocycles. The van der Waals surface area contributed by atoms with Crippen molar-refractivity contribution in [2.75, 3.05) is 13.2 Å². The molecule has 0 radical (unpaired) electrons. The molecule has 0 amide bonds. The van der Waals surface area contributed by atoms with E-state index < -0.39 is 24.3 Å². The molecule has 1 aromatic carbocycles. The number of unbranched alkanes of at least 4 members (excludes halogenated alkanes) is 10. The Hall–Kier alpha value is -0.790. The van der Waals surface area contributed by atoms with Gasteiger partial charge in [-0.15, -0.1) is 0 Å². The Kier molecular flexibility index (Phi) is 24.3. The average Bonchev–Trinajstić information content (AvgIpc) is 2.89. The van der Waals surface area contributed by atoms with Gasteiger partial charge < -0.3 is 10.2 Å². The molecule has 0 heterocycles. The SMILES string of the molecule is CCCCCCCCOc1c(C)c(C)c(OCCCCCCCC)[c]([Hg])[c]1[Hg].O=C(O)C(F)(F)F.O=C(O)C(F)(F)F. The van der Waals surface area contributed by atoms with Crippen LogP contribution in [0.5, 0.6) is 11.5 Å². The smallest absolute Gasteiger partial charge is 0.475 e. The normalized spacial score (nSPS) is 11.2. The maximum absolute atomic E-state index is 10.6. The molecule has 0 saturated carbocycles. The largest absolute Gasteiger partial charge is 0.490 e. The Labute approximate surface area is 277 Å². The molecule has 236 valence electrons. The average molecular weight is 990 g/mol. The van der Waals surface area contributed by atoms with Gasteiger partial charge in [-0.2, -0.15) is 26.3 Å². The van der Waals surface area contributed by atoms with E-state index in [1.54, 1.807) is 0 Å². The molecule has 0 bridgehead atoms. The van der Waals surface area contributed by atoms with Crippen molar-refractivity contribution in [2.24, 2.45) is 0 Å². The van der Waals surface area contributed by atoms with Crippen LogP contribution in [0, 0.1) is 13.8 Å². The molecule has 6 nitrogen and oxygen atoms in total. The molecule has 1 rings (SSSR count). The fourth-order valence-corrected chi connectivity index (χ4v) is 7.67. The first kappa shape index (κ1) is 43.3. The molecule has 14 heteroatoms. The van der Waals surface area contributed by atoms with Crippen molar-refractivity contribution in [1.29, 1.82) is 0 Å². The van der Waals surface area contributed by atoms with Gasteiger partial charge in [-0.05, 0) is 0 Å². The molecule has 0 spiro atoms. The van der Waals surface area contributed by atoms with Gasteiger partial charge in [0, 0.05) is 0 Å². The van der Waals surface area contributed by atoms with Crippen molar-refractivity contribution in [1.82, 2.24) is 0 Å². The van der Waals surface area contributed by atoms with Gasteiger partial charge in [0.15, 0.2) is 0 Å². The van der Waals surface area contributed by atoms with E-state index in [0.717, 1.165) is 13.2 Å². The molecule has 0 aliphatic rings. The maximum Gasteiger partial charge on any atom is 0.490 e. The van der Waals surface area contributed by atoms with Gasteiger partial charge in [0.1, 0.15) is 0 Å². The van der Waals surface area contributed by atoms with Gasteiger partial charge in [-0.1, -0.05) is 0 Å².